The highest BCUT2D eigenvalue weighted by Gasteiger charge is 2.41. The standard InChI is InChI=1S/C5H10O3S.C3H6O2/c1-5(3-4-5)8-9(2,6)7;1-2-5-3-4/h3-4H2,1-2H3;3H,2H2,1H3. The van der Waals surface area contributed by atoms with E-state index >= 15 is 0 Å². The lowest BCUT2D eigenvalue weighted by Gasteiger charge is -2.05. The van der Waals surface area contributed by atoms with E-state index in [2.05, 4.69) is 4.74 Å². The van der Waals surface area contributed by atoms with Gasteiger partial charge in [0, 0.05) is 0 Å². The van der Waals surface area contributed by atoms with Crippen molar-refractivity contribution in [2.45, 2.75) is 32.3 Å². The molecule has 0 aromatic heterocycles. The molecule has 0 aromatic carbocycles. The van der Waals surface area contributed by atoms with Crippen LogP contribution in [0.3, 0.4) is 0 Å². The average molecular weight is 224 g/mol. The van der Waals surface area contributed by atoms with E-state index in [-0.39, 0.29) is 5.60 Å². The van der Waals surface area contributed by atoms with Crippen LogP contribution >= 0.6 is 0 Å². The van der Waals surface area contributed by atoms with E-state index in [0.717, 1.165) is 19.1 Å². The second-order valence-electron chi connectivity index (χ2n) is 3.29. The van der Waals surface area contributed by atoms with Crippen molar-refractivity contribution < 1.29 is 22.1 Å². The lowest BCUT2D eigenvalue weighted by atomic mass is 10.4. The van der Waals surface area contributed by atoms with Gasteiger partial charge in [-0.2, -0.15) is 8.42 Å². The number of carbonyl (C=O) groups is 1. The minimum atomic E-state index is -3.22. The van der Waals surface area contributed by atoms with Gasteiger partial charge in [-0.05, 0) is 26.7 Å². The molecule has 0 bridgehead atoms. The molecule has 0 aromatic rings. The summed E-state index contributed by atoms with van der Waals surface area (Å²) in [4.78, 5) is 9.18. The molecule has 0 heterocycles. The van der Waals surface area contributed by atoms with Crippen molar-refractivity contribution >= 4 is 16.6 Å². The van der Waals surface area contributed by atoms with Gasteiger partial charge in [0.2, 0.25) is 0 Å². The second kappa shape index (κ2) is 5.31. The van der Waals surface area contributed by atoms with Gasteiger partial charge in [0.1, 0.15) is 0 Å². The number of rotatable bonds is 4. The first-order valence-corrected chi connectivity index (χ1v) is 6.10. The zero-order chi connectivity index (χ0) is 11.2. The number of carbonyl (C=O) groups excluding carboxylic acids is 1. The van der Waals surface area contributed by atoms with Crippen LogP contribution in [-0.2, 0) is 23.8 Å². The summed E-state index contributed by atoms with van der Waals surface area (Å²) in [7, 11) is -3.22. The van der Waals surface area contributed by atoms with Crippen LogP contribution in [0.25, 0.3) is 0 Å². The Morgan fingerprint density at radius 1 is 1.43 bits per heavy atom. The molecule has 1 fully saturated rings. The van der Waals surface area contributed by atoms with Crippen molar-refractivity contribution in [1.82, 2.24) is 0 Å². The van der Waals surface area contributed by atoms with Gasteiger partial charge in [-0.15, -0.1) is 0 Å². The van der Waals surface area contributed by atoms with Crippen LogP contribution in [0.4, 0.5) is 0 Å². The van der Waals surface area contributed by atoms with Crippen LogP contribution in [-0.4, -0.2) is 33.4 Å². The van der Waals surface area contributed by atoms with Crippen molar-refractivity contribution in [1.29, 1.82) is 0 Å². The molecule has 84 valence electrons. The Kier molecular flexibility index (Phi) is 5.07. The molecule has 0 saturated heterocycles. The predicted molar refractivity (Wildman–Crippen MR) is 51.3 cm³/mol. The Hall–Kier alpha value is -0.620. The summed E-state index contributed by atoms with van der Waals surface area (Å²) >= 11 is 0. The quantitative estimate of drug-likeness (QED) is 0.519. The lowest BCUT2D eigenvalue weighted by molar-refractivity contribution is -0.128. The summed E-state index contributed by atoms with van der Waals surface area (Å²) in [6, 6.07) is 0. The normalized spacial score (nSPS) is 17.6. The Morgan fingerprint density at radius 3 is 2.00 bits per heavy atom. The van der Waals surface area contributed by atoms with Crippen LogP contribution < -0.4 is 0 Å². The molecule has 1 aliphatic carbocycles. The van der Waals surface area contributed by atoms with Crippen molar-refractivity contribution in [2.24, 2.45) is 0 Å². The summed E-state index contributed by atoms with van der Waals surface area (Å²) in [5.74, 6) is 0. The van der Waals surface area contributed by atoms with E-state index in [0.29, 0.717) is 13.1 Å². The Labute approximate surface area is 84.5 Å². The van der Waals surface area contributed by atoms with Gasteiger partial charge in [-0.1, -0.05) is 0 Å². The maximum Gasteiger partial charge on any atom is 0.293 e. The number of ether oxygens (including phenoxy) is 1. The molecule has 6 heteroatoms. The molecule has 1 rings (SSSR count). The van der Waals surface area contributed by atoms with Crippen molar-refractivity contribution in [3.63, 3.8) is 0 Å². The third kappa shape index (κ3) is 8.00. The summed E-state index contributed by atoms with van der Waals surface area (Å²) in [5, 5.41) is 0. The third-order valence-corrected chi connectivity index (χ3v) is 2.25. The van der Waals surface area contributed by atoms with E-state index in [9.17, 15) is 13.2 Å². The minimum Gasteiger partial charge on any atom is -0.468 e. The molecule has 1 saturated carbocycles. The summed E-state index contributed by atoms with van der Waals surface area (Å²) in [6.45, 7) is 4.46. The monoisotopic (exact) mass is 224 g/mol. The molecular formula is C8H16O5S. The minimum absolute atomic E-state index is 0.354. The lowest BCUT2D eigenvalue weighted by Crippen LogP contribution is -2.14. The molecule has 0 atom stereocenters. The zero-order valence-corrected chi connectivity index (χ0v) is 9.46. The van der Waals surface area contributed by atoms with Gasteiger partial charge in [-0.25, -0.2) is 0 Å². The molecule has 0 N–H and O–H groups in total. The van der Waals surface area contributed by atoms with E-state index in [1.165, 1.54) is 0 Å². The molecule has 14 heavy (non-hydrogen) atoms. The fraction of sp³-hybridized carbons (Fsp3) is 0.875. The maximum absolute atomic E-state index is 10.5. The largest absolute Gasteiger partial charge is 0.468 e. The smallest absolute Gasteiger partial charge is 0.293 e. The number of hydrogen-bond donors (Lipinski definition) is 0. The van der Waals surface area contributed by atoms with Crippen LogP contribution in [0.1, 0.15) is 26.7 Å². The first-order chi connectivity index (χ1) is 6.33. The highest BCUT2D eigenvalue weighted by Crippen LogP contribution is 2.39. The van der Waals surface area contributed by atoms with Gasteiger partial charge in [0.25, 0.3) is 16.6 Å². The number of hydrogen-bond acceptors (Lipinski definition) is 5. The second-order valence-corrected chi connectivity index (χ2v) is 4.86. The Bertz CT molecular complexity index is 265. The van der Waals surface area contributed by atoms with Crippen molar-refractivity contribution in [3.8, 4) is 0 Å². The van der Waals surface area contributed by atoms with Crippen LogP contribution in [0, 0.1) is 0 Å². The topological polar surface area (TPSA) is 69.7 Å². The fourth-order valence-corrected chi connectivity index (χ4v) is 1.59. The van der Waals surface area contributed by atoms with Crippen LogP contribution in [0.2, 0.25) is 0 Å². The molecule has 0 spiro atoms. The zero-order valence-electron chi connectivity index (χ0n) is 8.65. The fourth-order valence-electron chi connectivity index (χ4n) is 0.693. The molecule has 0 aliphatic heterocycles. The average Bonchev–Trinajstić information content (AvgIpc) is 2.66. The highest BCUT2D eigenvalue weighted by molar-refractivity contribution is 7.86. The molecule has 1 aliphatic rings. The molecule has 0 radical (unpaired) electrons. The Morgan fingerprint density at radius 2 is 1.93 bits per heavy atom. The van der Waals surface area contributed by atoms with Crippen LogP contribution in [0.15, 0.2) is 0 Å². The SMILES string of the molecule is CC1(OS(C)(=O)=O)CC1.CCOC=O. The third-order valence-electron chi connectivity index (χ3n) is 1.54. The van der Waals surface area contributed by atoms with Crippen LogP contribution in [0.5, 0.6) is 0 Å². The summed E-state index contributed by atoms with van der Waals surface area (Å²) < 4.78 is 29.8. The van der Waals surface area contributed by atoms with E-state index < -0.39 is 10.1 Å². The first-order valence-electron chi connectivity index (χ1n) is 4.29. The van der Waals surface area contributed by atoms with Crippen molar-refractivity contribution in [3.05, 3.63) is 0 Å². The van der Waals surface area contributed by atoms with Gasteiger partial charge < -0.3 is 4.74 Å². The van der Waals surface area contributed by atoms with Gasteiger partial charge >= 0.3 is 0 Å². The summed E-state index contributed by atoms with van der Waals surface area (Å²) in [5.41, 5.74) is -0.354. The van der Waals surface area contributed by atoms with Gasteiger partial charge in [-0.3, -0.25) is 8.98 Å². The van der Waals surface area contributed by atoms with E-state index in [4.69, 9.17) is 4.18 Å². The van der Waals surface area contributed by atoms with E-state index in [1.54, 1.807) is 13.8 Å². The molecular weight excluding hydrogens is 208 g/mol. The predicted octanol–water partition coefficient (Wildman–Crippen LogP) is 0.694. The van der Waals surface area contributed by atoms with E-state index in [1.807, 2.05) is 0 Å². The first kappa shape index (κ1) is 13.4. The summed E-state index contributed by atoms with van der Waals surface area (Å²) in [6.07, 6.45) is 2.80. The maximum atomic E-state index is 10.5. The Balaban J connectivity index is 0.000000292. The molecule has 0 unspecified atom stereocenters. The highest BCUT2D eigenvalue weighted by atomic mass is 32.2. The molecule has 5 nitrogen and oxygen atoms in total. The van der Waals surface area contributed by atoms with Gasteiger partial charge in [0.15, 0.2) is 0 Å². The molecule has 0 amide bonds. The van der Waals surface area contributed by atoms with Crippen molar-refractivity contribution in [2.75, 3.05) is 12.9 Å². The van der Waals surface area contributed by atoms with Gasteiger partial charge in [0.05, 0.1) is 18.5 Å².